The van der Waals surface area contributed by atoms with Gasteiger partial charge in [0, 0.05) is 13.1 Å². The Bertz CT molecular complexity index is 960. The van der Waals surface area contributed by atoms with Crippen LogP contribution in [0.4, 0.5) is 0 Å². The summed E-state index contributed by atoms with van der Waals surface area (Å²) in [5, 5.41) is 0. The maximum Gasteiger partial charge on any atom is 0.338 e. The molecule has 0 bridgehead atoms. The Morgan fingerprint density at radius 3 is 2.36 bits per heavy atom. The number of piperidine rings is 1. The van der Waals surface area contributed by atoms with Crippen LogP contribution in [0.5, 0.6) is 0 Å². The predicted octanol–water partition coefficient (Wildman–Crippen LogP) is 3.86. The zero-order valence-electron chi connectivity index (χ0n) is 15.3. The van der Waals surface area contributed by atoms with Crippen molar-refractivity contribution in [2.45, 2.75) is 24.7 Å². The van der Waals surface area contributed by atoms with Crippen LogP contribution in [0, 0.1) is 5.92 Å². The number of hydrogen-bond donors (Lipinski definition) is 0. The molecule has 2 aromatic rings. The number of sulfonamides is 1. The van der Waals surface area contributed by atoms with E-state index >= 15 is 0 Å². The lowest BCUT2D eigenvalue weighted by Crippen LogP contribution is -2.37. The summed E-state index contributed by atoms with van der Waals surface area (Å²) in [5.41, 5.74) is 0.184. The molecule has 0 unspecified atom stereocenters. The molecule has 150 valence electrons. The highest BCUT2D eigenvalue weighted by molar-refractivity contribution is 7.89. The Morgan fingerprint density at radius 2 is 1.79 bits per heavy atom. The van der Waals surface area contributed by atoms with Gasteiger partial charge >= 0.3 is 5.97 Å². The Balaban J connectivity index is 1.61. The fraction of sp³-hybridized carbons (Fsp3) is 0.368. The van der Waals surface area contributed by atoms with Gasteiger partial charge < -0.3 is 4.74 Å². The Hall–Kier alpha value is -1.74. The van der Waals surface area contributed by atoms with Crippen LogP contribution in [-0.4, -0.2) is 44.2 Å². The second-order valence-corrected chi connectivity index (χ2v) is 10.4. The van der Waals surface area contributed by atoms with Crippen molar-refractivity contribution in [3.05, 3.63) is 51.2 Å². The summed E-state index contributed by atoms with van der Waals surface area (Å²) in [7, 11) is -3.57. The molecule has 0 saturated carbocycles. The minimum Gasteiger partial charge on any atom is -0.454 e. The third kappa shape index (κ3) is 4.81. The molecule has 1 aliphatic heterocycles. The average molecular weight is 442 g/mol. The van der Waals surface area contributed by atoms with E-state index in [2.05, 4.69) is 6.92 Å². The highest BCUT2D eigenvalue weighted by Crippen LogP contribution is 2.24. The fourth-order valence-corrected chi connectivity index (χ4v) is 5.32. The molecule has 1 aliphatic rings. The molecule has 1 saturated heterocycles. The molecule has 9 heteroatoms. The van der Waals surface area contributed by atoms with Crippen molar-refractivity contribution >= 4 is 44.7 Å². The molecule has 0 amide bonds. The minimum absolute atomic E-state index is 0.142. The molecule has 28 heavy (non-hydrogen) atoms. The van der Waals surface area contributed by atoms with E-state index in [1.807, 2.05) is 0 Å². The number of nitrogens with zero attached hydrogens (tertiary/aromatic N) is 1. The Kier molecular flexibility index (Phi) is 6.54. The number of Topliss-reactive ketones (excluding diaryl/α,β-unsaturated/α-hetero) is 1. The van der Waals surface area contributed by atoms with Gasteiger partial charge in [-0.05, 0) is 55.2 Å². The van der Waals surface area contributed by atoms with Crippen LogP contribution in [0.1, 0.15) is 39.8 Å². The number of thiophene rings is 1. The van der Waals surface area contributed by atoms with Crippen LogP contribution in [0.2, 0.25) is 4.34 Å². The first-order chi connectivity index (χ1) is 13.3. The van der Waals surface area contributed by atoms with E-state index in [-0.39, 0.29) is 16.2 Å². The summed E-state index contributed by atoms with van der Waals surface area (Å²) >= 11 is 6.90. The van der Waals surface area contributed by atoms with Crippen molar-refractivity contribution < 1.29 is 22.7 Å². The van der Waals surface area contributed by atoms with Crippen molar-refractivity contribution in [1.29, 1.82) is 0 Å². The summed E-state index contributed by atoms with van der Waals surface area (Å²) in [6.45, 7) is 2.72. The average Bonchev–Trinajstić information content (AvgIpc) is 3.13. The fourth-order valence-electron chi connectivity index (χ4n) is 2.89. The maximum absolute atomic E-state index is 12.7. The summed E-state index contributed by atoms with van der Waals surface area (Å²) in [5.74, 6) is -0.507. The first kappa shape index (κ1) is 21.0. The largest absolute Gasteiger partial charge is 0.454 e. The summed E-state index contributed by atoms with van der Waals surface area (Å²) in [6, 6.07) is 8.76. The van der Waals surface area contributed by atoms with Crippen LogP contribution in [-0.2, 0) is 14.8 Å². The molecule has 6 nitrogen and oxygen atoms in total. The zero-order valence-corrected chi connectivity index (χ0v) is 17.6. The highest BCUT2D eigenvalue weighted by atomic mass is 35.5. The number of ether oxygens (including phenoxy) is 1. The van der Waals surface area contributed by atoms with E-state index in [4.69, 9.17) is 16.3 Å². The molecule has 2 heterocycles. The molecule has 3 rings (SSSR count). The quantitative estimate of drug-likeness (QED) is 0.502. The molecule has 0 radical (unpaired) electrons. The maximum atomic E-state index is 12.7. The molecule has 1 aromatic carbocycles. The molecular formula is C19H20ClNO5S2. The highest BCUT2D eigenvalue weighted by Gasteiger charge is 2.28. The van der Waals surface area contributed by atoms with Gasteiger partial charge in [-0.2, -0.15) is 4.31 Å². The number of esters is 1. The Morgan fingerprint density at radius 1 is 1.14 bits per heavy atom. The second-order valence-electron chi connectivity index (χ2n) is 6.71. The first-order valence-corrected chi connectivity index (χ1v) is 11.5. The zero-order chi connectivity index (χ0) is 20.3. The number of carbonyl (C=O) groups excluding carboxylic acids is 2. The van der Waals surface area contributed by atoms with Gasteiger partial charge in [0.2, 0.25) is 15.8 Å². The lowest BCUT2D eigenvalue weighted by atomic mass is 10.0. The monoisotopic (exact) mass is 441 g/mol. The number of benzene rings is 1. The van der Waals surface area contributed by atoms with Gasteiger partial charge in [0.05, 0.1) is 19.7 Å². The van der Waals surface area contributed by atoms with Crippen LogP contribution in [0.15, 0.2) is 41.3 Å². The number of ketones is 1. The predicted molar refractivity (Wildman–Crippen MR) is 108 cm³/mol. The SMILES string of the molecule is CC1CCN(S(=O)(=O)c2ccc(C(=O)OCC(=O)c3ccc(Cl)s3)cc2)CC1. The summed E-state index contributed by atoms with van der Waals surface area (Å²) in [4.78, 5) is 24.6. The molecular weight excluding hydrogens is 422 g/mol. The first-order valence-electron chi connectivity index (χ1n) is 8.83. The smallest absolute Gasteiger partial charge is 0.338 e. The van der Waals surface area contributed by atoms with Crippen molar-refractivity contribution in [1.82, 2.24) is 4.31 Å². The molecule has 0 aliphatic carbocycles. The molecule has 1 fully saturated rings. The van der Waals surface area contributed by atoms with Gasteiger partial charge in [-0.1, -0.05) is 18.5 Å². The van der Waals surface area contributed by atoms with E-state index in [0.29, 0.717) is 28.2 Å². The van der Waals surface area contributed by atoms with E-state index in [1.165, 1.54) is 28.6 Å². The number of rotatable bonds is 6. The van der Waals surface area contributed by atoms with E-state index in [1.54, 1.807) is 12.1 Å². The normalized spacial score (nSPS) is 16.1. The second kappa shape index (κ2) is 8.73. The third-order valence-corrected chi connectivity index (χ3v) is 7.84. The van der Waals surface area contributed by atoms with Crippen LogP contribution in [0.25, 0.3) is 0 Å². The van der Waals surface area contributed by atoms with Gasteiger partial charge in [-0.15, -0.1) is 11.3 Å². The van der Waals surface area contributed by atoms with Crippen molar-refractivity contribution in [3.8, 4) is 0 Å². The molecule has 0 spiro atoms. The van der Waals surface area contributed by atoms with Gasteiger partial charge in [0.15, 0.2) is 6.61 Å². The van der Waals surface area contributed by atoms with Crippen LogP contribution >= 0.6 is 22.9 Å². The van der Waals surface area contributed by atoms with Gasteiger partial charge in [-0.25, -0.2) is 13.2 Å². The van der Waals surface area contributed by atoms with Crippen molar-refractivity contribution in [2.24, 2.45) is 5.92 Å². The molecule has 1 aromatic heterocycles. The lowest BCUT2D eigenvalue weighted by molar-refractivity contribution is 0.0475. The minimum atomic E-state index is -3.57. The van der Waals surface area contributed by atoms with Gasteiger partial charge in [0.1, 0.15) is 0 Å². The standard InChI is InChI=1S/C19H20ClNO5S2/c1-13-8-10-21(11-9-13)28(24,25)15-4-2-14(3-5-15)19(23)26-12-16(22)17-6-7-18(20)27-17/h2-7,13H,8-12H2,1H3. The van der Waals surface area contributed by atoms with Crippen LogP contribution in [0.3, 0.4) is 0 Å². The summed E-state index contributed by atoms with van der Waals surface area (Å²) in [6.07, 6.45) is 1.68. The number of hydrogen-bond acceptors (Lipinski definition) is 6. The van der Waals surface area contributed by atoms with E-state index in [9.17, 15) is 18.0 Å². The number of halogens is 1. The topological polar surface area (TPSA) is 80.8 Å². The lowest BCUT2D eigenvalue weighted by Gasteiger charge is -2.29. The van der Waals surface area contributed by atoms with Crippen molar-refractivity contribution in [2.75, 3.05) is 19.7 Å². The van der Waals surface area contributed by atoms with E-state index < -0.39 is 22.6 Å². The van der Waals surface area contributed by atoms with Gasteiger partial charge in [-0.3, -0.25) is 4.79 Å². The summed E-state index contributed by atoms with van der Waals surface area (Å²) < 4.78 is 32.4. The Labute approximate surface area is 173 Å². The van der Waals surface area contributed by atoms with Crippen LogP contribution < -0.4 is 0 Å². The van der Waals surface area contributed by atoms with Crippen molar-refractivity contribution in [3.63, 3.8) is 0 Å². The molecule has 0 N–H and O–H groups in total. The number of carbonyl (C=O) groups is 2. The van der Waals surface area contributed by atoms with Gasteiger partial charge in [0.25, 0.3) is 0 Å². The molecule has 0 atom stereocenters. The third-order valence-electron chi connectivity index (χ3n) is 4.65. The van der Waals surface area contributed by atoms with E-state index in [0.717, 1.165) is 24.2 Å².